The molecule has 0 atom stereocenters. The summed E-state index contributed by atoms with van der Waals surface area (Å²) in [6.07, 6.45) is 2.15. The second-order valence-electron chi connectivity index (χ2n) is 4.73. The molecule has 2 N–H and O–H groups in total. The molecule has 1 heterocycles. The van der Waals surface area contributed by atoms with E-state index < -0.39 is 0 Å². The van der Waals surface area contributed by atoms with Gasteiger partial charge in [0.15, 0.2) is 11.5 Å². The summed E-state index contributed by atoms with van der Waals surface area (Å²) in [5.74, 6) is 1.24. The Morgan fingerprint density at radius 1 is 1.21 bits per heavy atom. The van der Waals surface area contributed by atoms with E-state index in [-0.39, 0.29) is 5.91 Å². The summed E-state index contributed by atoms with van der Waals surface area (Å²) in [4.78, 5) is 15.1. The molecule has 5 heteroatoms. The van der Waals surface area contributed by atoms with E-state index in [0.717, 1.165) is 23.7 Å². The van der Waals surface area contributed by atoms with Gasteiger partial charge in [-0.1, -0.05) is 0 Å². The smallest absolute Gasteiger partial charge is 0.267 e. The number of ether oxygens (including phenoxy) is 2. The van der Waals surface area contributed by atoms with E-state index in [1.54, 1.807) is 14.2 Å². The third-order valence-corrected chi connectivity index (χ3v) is 3.28. The molecule has 3 rings (SSSR count). The third-order valence-electron chi connectivity index (χ3n) is 3.28. The first-order chi connectivity index (χ1) is 9.21. The molecule has 0 spiro atoms. The maximum absolute atomic E-state index is 12.0. The lowest BCUT2D eigenvalue weighted by Gasteiger charge is -2.06. The van der Waals surface area contributed by atoms with Crippen LogP contribution in [0, 0.1) is 0 Å². The molecule has 5 nitrogen and oxygen atoms in total. The Hall–Kier alpha value is -2.17. The molecular weight excluding hydrogens is 244 g/mol. The Labute approximate surface area is 110 Å². The van der Waals surface area contributed by atoms with Gasteiger partial charge in [0.2, 0.25) is 0 Å². The number of carbonyl (C=O) groups excluding carboxylic acids is 1. The molecule has 0 radical (unpaired) electrons. The number of amides is 1. The summed E-state index contributed by atoms with van der Waals surface area (Å²) in [6.45, 7) is 0. The fourth-order valence-electron chi connectivity index (χ4n) is 2.07. The van der Waals surface area contributed by atoms with Crippen LogP contribution in [-0.4, -0.2) is 31.2 Å². The lowest BCUT2D eigenvalue weighted by atomic mass is 10.2. The summed E-state index contributed by atoms with van der Waals surface area (Å²) in [5.41, 5.74) is 1.43. The van der Waals surface area contributed by atoms with Gasteiger partial charge in [-0.15, -0.1) is 0 Å². The van der Waals surface area contributed by atoms with Gasteiger partial charge < -0.3 is 19.8 Å². The molecule has 1 aliphatic carbocycles. The molecule has 1 amide bonds. The van der Waals surface area contributed by atoms with Gasteiger partial charge in [-0.05, 0) is 25.0 Å². The zero-order chi connectivity index (χ0) is 13.4. The highest BCUT2D eigenvalue weighted by molar-refractivity contribution is 5.99. The van der Waals surface area contributed by atoms with E-state index in [1.165, 1.54) is 0 Å². The van der Waals surface area contributed by atoms with Crippen molar-refractivity contribution in [3.05, 3.63) is 23.9 Å². The maximum atomic E-state index is 12.0. The van der Waals surface area contributed by atoms with Crippen molar-refractivity contribution in [3.63, 3.8) is 0 Å². The van der Waals surface area contributed by atoms with Crippen LogP contribution in [0.2, 0.25) is 0 Å². The van der Waals surface area contributed by atoms with Gasteiger partial charge >= 0.3 is 0 Å². The van der Waals surface area contributed by atoms with Gasteiger partial charge in [0.05, 0.1) is 14.2 Å². The Kier molecular flexibility index (Phi) is 2.81. The molecule has 1 aromatic carbocycles. The van der Waals surface area contributed by atoms with Gasteiger partial charge in [-0.3, -0.25) is 4.79 Å². The summed E-state index contributed by atoms with van der Waals surface area (Å²) >= 11 is 0. The number of nitrogens with one attached hydrogen (secondary N) is 2. The highest BCUT2D eigenvalue weighted by Crippen LogP contribution is 2.32. The van der Waals surface area contributed by atoms with Crippen molar-refractivity contribution in [2.24, 2.45) is 0 Å². The largest absolute Gasteiger partial charge is 0.493 e. The number of hydrogen-bond donors (Lipinski definition) is 2. The third kappa shape index (κ3) is 2.23. The van der Waals surface area contributed by atoms with E-state index in [2.05, 4.69) is 10.3 Å². The molecule has 19 heavy (non-hydrogen) atoms. The average molecular weight is 260 g/mol. The van der Waals surface area contributed by atoms with Crippen LogP contribution in [0.15, 0.2) is 18.2 Å². The fraction of sp³-hybridized carbons (Fsp3) is 0.357. The standard InChI is InChI=1S/C14H16N2O3/c1-18-12-6-8-5-11(14(17)15-9-3-4-9)16-10(8)7-13(12)19-2/h5-7,9,16H,3-4H2,1-2H3,(H,15,17). The molecule has 0 aliphatic heterocycles. The maximum Gasteiger partial charge on any atom is 0.267 e. The van der Waals surface area contributed by atoms with Crippen LogP contribution >= 0.6 is 0 Å². The fourth-order valence-corrected chi connectivity index (χ4v) is 2.07. The minimum absolute atomic E-state index is 0.0587. The van der Waals surface area contributed by atoms with Crippen LogP contribution in [0.4, 0.5) is 0 Å². The normalized spacial score (nSPS) is 14.4. The van der Waals surface area contributed by atoms with E-state index in [9.17, 15) is 4.79 Å². The van der Waals surface area contributed by atoms with Crippen molar-refractivity contribution in [1.29, 1.82) is 0 Å². The monoisotopic (exact) mass is 260 g/mol. The number of aromatic nitrogens is 1. The summed E-state index contributed by atoms with van der Waals surface area (Å²) in [5, 5.41) is 3.88. The lowest BCUT2D eigenvalue weighted by Crippen LogP contribution is -2.25. The van der Waals surface area contributed by atoms with E-state index >= 15 is 0 Å². The topological polar surface area (TPSA) is 63.3 Å². The van der Waals surface area contributed by atoms with Crippen LogP contribution in [-0.2, 0) is 0 Å². The molecule has 1 aliphatic rings. The van der Waals surface area contributed by atoms with Crippen LogP contribution in [0.25, 0.3) is 10.9 Å². The average Bonchev–Trinajstić information content (AvgIpc) is 3.13. The molecule has 100 valence electrons. The Balaban J connectivity index is 1.97. The van der Waals surface area contributed by atoms with Crippen molar-refractivity contribution >= 4 is 16.8 Å². The summed E-state index contributed by atoms with van der Waals surface area (Å²) < 4.78 is 10.5. The zero-order valence-electron chi connectivity index (χ0n) is 10.9. The lowest BCUT2D eigenvalue weighted by molar-refractivity contribution is 0.0947. The van der Waals surface area contributed by atoms with Crippen LogP contribution in [0.1, 0.15) is 23.3 Å². The zero-order valence-corrected chi connectivity index (χ0v) is 10.9. The number of aromatic amines is 1. The summed E-state index contributed by atoms with van der Waals surface area (Å²) in [6, 6.07) is 5.87. The predicted octanol–water partition coefficient (Wildman–Crippen LogP) is 2.08. The number of carbonyl (C=O) groups is 1. The molecule has 1 aromatic heterocycles. The van der Waals surface area contributed by atoms with Crippen LogP contribution in [0.3, 0.4) is 0 Å². The van der Waals surface area contributed by atoms with Crippen molar-refractivity contribution in [1.82, 2.24) is 10.3 Å². The predicted molar refractivity (Wildman–Crippen MR) is 71.9 cm³/mol. The molecule has 1 fully saturated rings. The van der Waals surface area contributed by atoms with E-state index in [4.69, 9.17) is 9.47 Å². The number of fused-ring (bicyclic) bond motifs is 1. The first-order valence-electron chi connectivity index (χ1n) is 6.27. The quantitative estimate of drug-likeness (QED) is 0.884. The SMILES string of the molecule is COc1cc2cc(C(=O)NC3CC3)[nH]c2cc1OC. The van der Waals surface area contributed by atoms with Crippen molar-refractivity contribution in [2.45, 2.75) is 18.9 Å². The highest BCUT2D eigenvalue weighted by atomic mass is 16.5. The Morgan fingerprint density at radius 2 is 1.89 bits per heavy atom. The first kappa shape index (κ1) is 11.9. The molecule has 0 bridgehead atoms. The Morgan fingerprint density at radius 3 is 2.53 bits per heavy atom. The minimum atomic E-state index is -0.0587. The van der Waals surface area contributed by atoms with Crippen molar-refractivity contribution < 1.29 is 14.3 Å². The van der Waals surface area contributed by atoms with Crippen LogP contribution in [0.5, 0.6) is 11.5 Å². The summed E-state index contributed by atoms with van der Waals surface area (Å²) in [7, 11) is 3.18. The number of benzene rings is 1. The molecular formula is C14H16N2O3. The molecule has 0 saturated heterocycles. The number of H-pyrrole nitrogens is 1. The van der Waals surface area contributed by atoms with Crippen molar-refractivity contribution in [3.8, 4) is 11.5 Å². The molecule has 2 aromatic rings. The van der Waals surface area contributed by atoms with Gasteiger partial charge in [0.25, 0.3) is 5.91 Å². The highest BCUT2D eigenvalue weighted by Gasteiger charge is 2.24. The van der Waals surface area contributed by atoms with Gasteiger partial charge in [0, 0.05) is 23.0 Å². The van der Waals surface area contributed by atoms with E-state index in [0.29, 0.717) is 23.2 Å². The second-order valence-corrected chi connectivity index (χ2v) is 4.73. The molecule has 1 saturated carbocycles. The van der Waals surface area contributed by atoms with E-state index in [1.807, 2.05) is 18.2 Å². The molecule has 0 unspecified atom stereocenters. The van der Waals surface area contributed by atoms with Gasteiger partial charge in [-0.2, -0.15) is 0 Å². The number of methoxy groups -OCH3 is 2. The van der Waals surface area contributed by atoms with Crippen LogP contribution < -0.4 is 14.8 Å². The first-order valence-corrected chi connectivity index (χ1v) is 6.27. The number of rotatable bonds is 4. The van der Waals surface area contributed by atoms with Gasteiger partial charge in [0.1, 0.15) is 5.69 Å². The minimum Gasteiger partial charge on any atom is -0.493 e. The number of hydrogen-bond acceptors (Lipinski definition) is 3. The van der Waals surface area contributed by atoms with Crippen molar-refractivity contribution in [2.75, 3.05) is 14.2 Å². The Bertz CT molecular complexity index is 588. The van der Waals surface area contributed by atoms with Gasteiger partial charge in [-0.25, -0.2) is 0 Å². The second kappa shape index (κ2) is 4.50.